The molecule has 3 aromatic carbocycles. The molecule has 0 fully saturated rings. The zero-order valence-corrected chi connectivity index (χ0v) is 23.6. The molecule has 2 amide bonds. The van der Waals surface area contributed by atoms with Crippen molar-refractivity contribution in [2.24, 2.45) is 0 Å². The zero-order valence-electron chi connectivity index (χ0n) is 21.2. The van der Waals surface area contributed by atoms with Gasteiger partial charge in [-0.2, -0.15) is 0 Å². The van der Waals surface area contributed by atoms with Gasteiger partial charge in [0.2, 0.25) is 11.8 Å². The topological polar surface area (TPSA) is 86.8 Å². The number of carbonyl (C=O) groups is 2. The number of carbonyl (C=O) groups excluding carboxylic acids is 2. The molecule has 3 rings (SSSR count). The molecule has 0 saturated heterocycles. The van der Waals surface area contributed by atoms with Gasteiger partial charge in [0.15, 0.2) is 0 Å². The Kier molecular flexibility index (Phi) is 9.88. The van der Waals surface area contributed by atoms with Crippen LogP contribution in [0.2, 0.25) is 0 Å². The van der Waals surface area contributed by atoms with Gasteiger partial charge in [-0.3, -0.25) is 13.9 Å². The third kappa shape index (κ3) is 7.20. The number of nitrogens with one attached hydrogen (secondary N) is 1. The number of rotatable bonds is 11. The number of aryl methyl sites for hydroxylation is 1. The molecule has 196 valence electrons. The van der Waals surface area contributed by atoms with Gasteiger partial charge in [-0.25, -0.2) is 8.42 Å². The molecule has 0 heterocycles. The molecule has 1 N–H and O–H groups in total. The van der Waals surface area contributed by atoms with E-state index < -0.39 is 28.5 Å². The summed E-state index contributed by atoms with van der Waals surface area (Å²) >= 11 is 3.40. The first-order valence-corrected chi connectivity index (χ1v) is 14.4. The fourth-order valence-corrected chi connectivity index (χ4v) is 5.80. The van der Waals surface area contributed by atoms with Gasteiger partial charge in [-0.05, 0) is 56.2 Å². The SMILES string of the molecule is CCNC(=O)C(CC)N(Cc1ccc(C)cc1)C(=O)CN(c1cccc(Br)c1)S(=O)(=O)c1ccccc1. The Bertz CT molecular complexity index is 1310. The molecule has 37 heavy (non-hydrogen) atoms. The standard InChI is InChI=1S/C28H32BrN3O4S/c1-4-26(28(34)30-5-2)31(19-22-16-14-21(3)15-17-22)27(33)20-32(24-11-9-10-23(29)18-24)37(35,36)25-12-7-6-8-13-25/h6-18,26H,4-5,19-20H2,1-3H3,(H,30,34). The first-order valence-electron chi connectivity index (χ1n) is 12.1. The average Bonchev–Trinajstić information content (AvgIpc) is 2.88. The van der Waals surface area contributed by atoms with Crippen molar-refractivity contribution in [3.05, 3.63) is 94.5 Å². The molecule has 0 aliphatic heterocycles. The minimum Gasteiger partial charge on any atom is -0.355 e. The van der Waals surface area contributed by atoms with Gasteiger partial charge in [0, 0.05) is 17.6 Å². The van der Waals surface area contributed by atoms with E-state index in [4.69, 9.17) is 0 Å². The van der Waals surface area contributed by atoms with E-state index in [-0.39, 0.29) is 17.3 Å². The van der Waals surface area contributed by atoms with Crippen LogP contribution in [0.4, 0.5) is 5.69 Å². The van der Waals surface area contributed by atoms with Crippen molar-refractivity contribution in [1.29, 1.82) is 0 Å². The lowest BCUT2D eigenvalue weighted by Gasteiger charge is -2.33. The molecule has 0 radical (unpaired) electrons. The van der Waals surface area contributed by atoms with E-state index in [1.54, 1.807) is 42.5 Å². The van der Waals surface area contributed by atoms with Crippen molar-refractivity contribution in [1.82, 2.24) is 10.2 Å². The number of nitrogens with zero attached hydrogens (tertiary/aromatic N) is 2. The third-order valence-electron chi connectivity index (χ3n) is 5.92. The Morgan fingerprint density at radius 1 is 0.946 bits per heavy atom. The Labute approximate surface area is 227 Å². The molecule has 1 atom stereocenters. The maximum absolute atomic E-state index is 13.9. The highest BCUT2D eigenvalue weighted by Crippen LogP contribution is 2.27. The van der Waals surface area contributed by atoms with Gasteiger partial charge in [0.1, 0.15) is 12.6 Å². The average molecular weight is 587 g/mol. The highest BCUT2D eigenvalue weighted by Gasteiger charge is 2.33. The molecule has 0 spiro atoms. The minimum absolute atomic E-state index is 0.0728. The Balaban J connectivity index is 2.04. The van der Waals surface area contributed by atoms with Crippen molar-refractivity contribution < 1.29 is 18.0 Å². The van der Waals surface area contributed by atoms with E-state index in [0.717, 1.165) is 15.4 Å². The van der Waals surface area contributed by atoms with E-state index in [2.05, 4.69) is 21.2 Å². The highest BCUT2D eigenvalue weighted by atomic mass is 79.9. The number of sulfonamides is 1. The van der Waals surface area contributed by atoms with Crippen molar-refractivity contribution in [3.63, 3.8) is 0 Å². The van der Waals surface area contributed by atoms with E-state index in [1.807, 2.05) is 45.0 Å². The van der Waals surface area contributed by atoms with Crippen LogP contribution in [-0.4, -0.2) is 44.3 Å². The summed E-state index contributed by atoms with van der Waals surface area (Å²) in [6.07, 6.45) is 0.381. The fraction of sp³-hybridized carbons (Fsp3) is 0.286. The van der Waals surface area contributed by atoms with Crippen LogP contribution in [0.15, 0.2) is 88.2 Å². The first-order chi connectivity index (χ1) is 17.7. The molecular formula is C28H32BrN3O4S. The third-order valence-corrected chi connectivity index (χ3v) is 8.20. The van der Waals surface area contributed by atoms with Gasteiger partial charge < -0.3 is 10.2 Å². The summed E-state index contributed by atoms with van der Waals surface area (Å²) in [5.41, 5.74) is 2.27. The van der Waals surface area contributed by atoms with Crippen LogP contribution in [0.5, 0.6) is 0 Å². The quantitative estimate of drug-likeness (QED) is 0.347. The lowest BCUT2D eigenvalue weighted by molar-refractivity contribution is -0.140. The van der Waals surface area contributed by atoms with Gasteiger partial charge in [-0.15, -0.1) is 0 Å². The van der Waals surface area contributed by atoms with E-state index in [1.165, 1.54) is 17.0 Å². The number of likely N-dealkylation sites (N-methyl/N-ethyl adjacent to an activating group) is 1. The zero-order chi connectivity index (χ0) is 27.0. The van der Waals surface area contributed by atoms with Gasteiger partial charge in [-0.1, -0.05) is 76.9 Å². The Morgan fingerprint density at radius 2 is 1.62 bits per heavy atom. The van der Waals surface area contributed by atoms with Crippen LogP contribution in [0.3, 0.4) is 0 Å². The van der Waals surface area contributed by atoms with Crippen LogP contribution in [0.25, 0.3) is 0 Å². The monoisotopic (exact) mass is 585 g/mol. The van der Waals surface area contributed by atoms with Gasteiger partial charge >= 0.3 is 0 Å². The summed E-state index contributed by atoms with van der Waals surface area (Å²) < 4.78 is 29.2. The number of benzene rings is 3. The predicted octanol–water partition coefficient (Wildman–Crippen LogP) is 4.90. The molecule has 0 saturated carbocycles. The molecule has 9 heteroatoms. The molecule has 0 bridgehead atoms. The summed E-state index contributed by atoms with van der Waals surface area (Å²) in [6.45, 7) is 5.76. The van der Waals surface area contributed by atoms with E-state index in [0.29, 0.717) is 23.1 Å². The van der Waals surface area contributed by atoms with E-state index >= 15 is 0 Å². The molecule has 7 nitrogen and oxygen atoms in total. The number of hydrogen-bond donors (Lipinski definition) is 1. The fourth-order valence-electron chi connectivity index (χ4n) is 3.98. The van der Waals surface area contributed by atoms with Crippen molar-refractivity contribution >= 4 is 43.5 Å². The second-order valence-electron chi connectivity index (χ2n) is 8.63. The van der Waals surface area contributed by atoms with Crippen molar-refractivity contribution in [2.75, 3.05) is 17.4 Å². The molecular weight excluding hydrogens is 554 g/mol. The maximum atomic E-state index is 13.9. The Morgan fingerprint density at radius 3 is 2.22 bits per heavy atom. The summed E-state index contributed by atoms with van der Waals surface area (Å²) in [7, 11) is -4.08. The van der Waals surface area contributed by atoms with Crippen LogP contribution in [0.1, 0.15) is 31.4 Å². The molecule has 3 aromatic rings. The molecule has 1 unspecified atom stereocenters. The summed E-state index contributed by atoms with van der Waals surface area (Å²) in [4.78, 5) is 28.4. The summed E-state index contributed by atoms with van der Waals surface area (Å²) in [5, 5.41) is 2.80. The number of anilines is 1. The maximum Gasteiger partial charge on any atom is 0.264 e. The normalized spacial score (nSPS) is 12.0. The largest absolute Gasteiger partial charge is 0.355 e. The number of halogens is 1. The van der Waals surface area contributed by atoms with Crippen LogP contribution in [0, 0.1) is 6.92 Å². The lowest BCUT2D eigenvalue weighted by Crippen LogP contribution is -2.52. The first kappa shape index (κ1) is 28.4. The highest BCUT2D eigenvalue weighted by molar-refractivity contribution is 9.10. The number of hydrogen-bond acceptors (Lipinski definition) is 4. The van der Waals surface area contributed by atoms with Crippen LogP contribution in [-0.2, 0) is 26.2 Å². The van der Waals surface area contributed by atoms with Crippen LogP contribution >= 0.6 is 15.9 Å². The van der Waals surface area contributed by atoms with Crippen molar-refractivity contribution in [2.45, 2.75) is 44.7 Å². The second-order valence-corrected chi connectivity index (χ2v) is 11.4. The second kappa shape index (κ2) is 12.9. The molecule has 0 aromatic heterocycles. The van der Waals surface area contributed by atoms with Gasteiger partial charge in [0.25, 0.3) is 10.0 Å². The minimum atomic E-state index is -4.08. The lowest BCUT2D eigenvalue weighted by atomic mass is 10.1. The Hall–Kier alpha value is -3.17. The molecule has 0 aliphatic carbocycles. The van der Waals surface area contributed by atoms with Crippen molar-refractivity contribution in [3.8, 4) is 0 Å². The van der Waals surface area contributed by atoms with Gasteiger partial charge in [0.05, 0.1) is 10.6 Å². The molecule has 0 aliphatic rings. The van der Waals surface area contributed by atoms with E-state index in [9.17, 15) is 18.0 Å². The summed E-state index contributed by atoms with van der Waals surface area (Å²) in [5.74, 6) is -0.747. The van der Waals surface area contributed by atoms with Crippen LogP contribution < -0.4 is 9.62 Å². The summed E-state index contributed by atoms with van der Waals surface area (Å²) in [6, 6.07) is 21.7. The number of amides is 2. The smallest absolute Gasteiger partial charge is 0.264 e. The predicted molar refractivity (Wildman–Crippen MR) is 150 cm³/mol.